The quantitative estimate of drug-likeness (QED) is 0.782. The van der Waals surface area contributed by atoms with Gasteiger partial charge in [0.1, 0.15) is 0 Å². The van der Waals surface area contributed by atoms with Gasteiger partial charge >= 0.3 is 0 Å². The van der Waals surface area contributed by atoms with Crippen LogP contribution in [-0.2, 0) is 11.3 Å². The molecule has 3 rings (SSSR count). The molecule has 1 aromatic heterocycles. The van der Waals surface area contributed by atoms with Crippen molar-refractivity contribution in [2.24, 2.45) is 0 Å². The van der Waals surface area contributed by atoms with Crippen molar-refractivity contribution in [3.8, 4) is 0 Å². The minimum Gasteiger partial charge on any atom is -0.374 e. The molecule has 90 valence electrons. The van der Waals surface area contributed by atoms with Gasteiger partial charge in [0.2, 0.25) is 0 Å². The van der Waals surface area contributed by atoms with E-state index < -0.39 is 0 Å². The first kappa shape index (κ1) is 10.7. The molecule has 0 bridgehead atoms. The molecule has 1 unspecified atom stereocenters. The van der Waals surface area contributed by atoms with Crippen molar-refractivity contribution in [1.29, 1.82) is 0 Å². The second-order valence-electron chi connectivity index (χ2n) is 4.64. The zero-order chi connectivity index (χ0) is 11.7. The van der Waals surface area contributed by atoms with Gasteiger partial charge in [0, 0.05) is 13.1 Å². The summed E-state index contributed by atoms with van der Waals surface area (Å²) in [5, 5.41) is 0. The summed E-state index contributed by atoms with van der Waals surface area (Å²) in [6.45, 7) is 3.73. The van der Waals surface area contributed by atoms with Crippen LogP contribution in [0.15, 0.2) is 30.6 Å². The van der Waals surface area contributed by atoms with Gasteiger partial charge in [0.15, 0.2) is 0 Å². The Hall–Kier alpha value is -1.39. The van der Waals surface area contributed by atoms with Gasteiger partial charge in [-0.2, -0.15) is 0 Å². The van der Waals surface area contributed by atoms with Gasteiger partial charge in [0.25, 0.3) is 0 Å². The molecule has 0 saturated carbocycles. The molecule has 1 aliphatic heterocycles. The van der Waals surface area contributed by atoms with Gasteiger partial charge in [-0.15, -0.1) is 0 Å². The lowest BCUT2D eigenvalue weighted by molar-refractivity contribution is -0.0269. The van der Waals surface area contributed by atoms with Crippen LogP contribution in [0, 0.1) is 0 Å². The normalized spacial score (nSPS) is 22.1. The molecule has 1 atom stereocenters. The summed E-state index contributed by atoms with van der Waals surface area (Å²) in [7, 11) is 2.14. The van der Waals surface area contributed by atoms with E-state index in [4.69, 9.17) is 4.74 Å². The average molecular weight is 231 g/mol. The fraction of sp³-hybridized carbons (Fsp3) is 0.462. The predicted octanol–water partition coefficient (Wildman–Crippen LogP) is 1.37. The smallest absolute Gasteiger partial charge is 0.0959 e. The summed E-state index contributed by atoms with van der Waals surface area (Å²) in [5.74, 6) is 0. The number of benzene rings is 1. The van der Waals surface area contributed by atoms with Crippen molar-refractivity contribution in [3.63, 3.8) is 0 Å². The Kier molecular flexibility index (Phi) is 2.82. The molecule has 1 fully saturated rings. The Morgan fingerprint density at radius 3 is 3.18 bits per heavy atom. The van der Waals surface area contributed by atoms with Gasteiger partial charge in [-0.3, -0.25) is 0 Å². The Bertz CT molecular complexity index is 508. The van der Waals surface area contributed by atoms with Gasteiger partial charge in [-0.1, -0.05) is 12.1 Å². The number of ether oxygens (including phenoxy) is 1. The number of nitrogens with zero attached hydrogens (tertiary/aromatic N) is 3. The largest absolute Gasteiger partial charge is 0.374 e. The highest BCUT2D eigenvalue weighted by atomic mass is 16.5. The van der Waals surface area contributed by atoms with E-state index in [1.54, 1.807) is 0 Å². The van der Waals surface area contributed by atoms with Gasteiger partial charge in [-0.05, 0) is 19.2 Å². The van der Waals surface area contributed by atoms with E-state index in [9.17, 15) is 0 Å². The molecule has 0 radical (unpaired) electrons. The van der Waals surface area contributed by atoms with Crippen LogP contribution in [-0.4, -0.2) is 47.3 Å². The minimum atomic E-state index is 0.270. The maximum Gasteiger partial charge on any atom is 0.0959 e. The highest BCUT2D eigenvalue weighted by Crippen LogP contribution is 2.14. The fourth-order valence-electron chi connectivity index (χ4n) is 2.35. The predicted molar refractivity (Wildman–Crippen MR) is 67.0 cm³/mol. The number of fused-ring (bicyclic) bond motifs is 1. The van der Waals surface area contributed by atoms with Crippen LogP contribution in [0.4, 0.5) is 0 Å². The third-order valence-electron chi connectivity index (χ3n) is 3.27. The van der Waals surface area contributed by atoms with Crippen LogP contribution in [0.3, 0.4) is 0 Å². The topological polar surface area (TPSA) is 30.3 Å². The van der Waals surface area contributed by atoms with E-state index in [0.29, 0.717) is 0 Å². The van der Waals surface area contributed by atoms with Crippen LogP contribution in [0.1, 0.15) is 0 Å². The minimum absolute atomic E-state index is 0.270. The number of para-hydroxylation sites is 2. The first-order chi connectivity index (χ1) is 8.33. The molecule has 4 heteroatoms. The molecule has 0 aliphatic carbocycles. The lowest BCUT2D eigenvalue weighted by atomic mass is 10.2. The van der Waals surface area contributed by atoms with Crippen LogP contribution >= 0.6 is 0 Å². The molecule has 0 amide bonds. The third-order valence-corrected chi connectivity index (χ3v) is 3.27. The van der Waals surface area contributed by atoms with Crippen molar-refractivity contribution >= 4 is 11.0 Å². The van der Waals surface area contributed by atoms with Crippen molar-refractivity contribution in [1.82, 2.24) is 14.5 Å². The number of aromatic nitrogens is 2. The van der Waals surface area contributed by atoms with Crippen LogP contribution < -0.4 is 0 Å². The highest BCUT2D eigenvalue weighted by molar-refractivity contribution is 5.74. The van der Waals surface area contributed by atoms with Crippen LogP contribution in [0.25, 0.3) is 11.0 Å². The molecular formula is C13H17N3O. The molecule has 0 spiro atoms. The summed E-state index contributed by atoms with van der Waals surface area (Å²) in [5.41, 5.74) is 2.24. The van der Waals surface area contributed by atoms with Crippen molar-refractivity contribution in [2.75, 3.05) is 26.7 Å². The maximum atomic E-state index is 5.78. The molecule has 2 aromatic rings. The van der Waals surface area contributed by atoms with Gasteiger partial charge in [0.05, 0.1) is 36.6 Å². The van der Waals surface area contributed by atoms with Crippen molar-refractivity contribution in [2.45, 2.75) is 12.6 Å². The van der Waals surface area contributed by atoms with Gasteiger partial charge < -0.3 is 14.2 Å². The second kappa shape index (κ2) is 4.47. The van der Waals surface area contributed by atoms with E-state index in [-0.39, 0.29) is 6.10 Å². The molecular weight excluding hydrogens is 214 g/mol. The second-order valence-corrected chi connectivity index (χ2v) is 4.64. The third kappa shape index (κ3) is 2.18. The molecule has 1 aliphatic rings. The monoisotopic (exact) mass is 231 g/mol. The van der Waals surface area contributed by atoms with E-state index >= 15 is 0 Å². The van der Waals surface area contributed by atoms with E-state index in [1.165, 1.54) is 5.52 Å². The summed E-state index contributed by atoms with van der Waals surface area (Å²) < 4.78 is 7.96. The summed E-state index contributed by atoms with van der Waals surface area (Å²) in [6, 6.07) is 8.22. The number of rotatable bonds is 2. The standard InChI is InChI=1S/C13H17N3O/c1-15-6-7-17-11(8-15)9-16-10-14-12-4-2-3-5-13(12)16/h2-5,10-11H,6-9H2,1H3. The molecule has 0 N–H and O–H groups in total. The van der Waals surface area contributed by atoms with Crippen LogP contribution in [0.5, 0.6) is 0 Å². The number of imidazole rings is 1. The first-order valence-electron chi connectivity index (χ1n) is 6.03. The first-order valence-corrected chi connectivity index (χ1v) is 6.03. The zero-order valence-corrected chi connectivity index (χ0v) is 10.0. The number of hydrogen-bond acceptors (Lipinski definition) is 3. The summed E-state index contributed by atoms with van der Waals surface area (Å²) in [6.07, 6.45) is 2.18. The molecule has 1 aromatic carbocycles. The molecule has 4 nitrogen and oxygen atoms in total. The highest BCUT2D eigenvalue weighted by Gasteiger charge is 2.18. The maximum absolute atomic E-state index is 5.78. The average Bonchev–Trinajstić information content (AvgIpc) is 2.73. The summed E-state index contributed by atoms with van der Waals surface area (Å²) in [4.78, 5) is 6.71. The Labute approximate surface area is 101 Å². The van der Waals surface area contributed by atoms with Crippen molar-refractivity contribution < 1.29 is 4.74 Å². The Balaban J connectivity index is 1.80. The lowest BCUT2D eigenvalue weighted by Crippen LogP contribution is -2.41. The number of morpholine rings is 1. The van der Waals surface area contributed by atoms with E-state index in [1.807, 2.05) is 24.5 Å². The Morgan fingerprint density at radius 2 is 2.29 bits per heavy atom. The Morgan fingerprint density at radius 1 is 1.41 bits per heavy atom. The molecule has 2 heterocycles. The van der Waals surface area contributed by atoms with Crippen LogP contribution in [0.2, 0.25) is 0 Å². The van der Waals surface area contributed by atoms with E-state index in [2.05, 4.69) is 27.6 Å². The summed E-state index contributed by atoms with van der Waals surface area (Å²) >= 11 is 0. The SMILES string of the molecule is CN1CCOC(Cn2cnc3ccccc32)C1. The number of hydrogen-bond donors (Lipinski definition) is 0. The van der Waals surface area contributed by atoms with E-state index in [0.717, 1.165) is 31.8 Å². The van der Waals surface area contributed by atoms with Crippen molar-refractivity contribution in [3.05, 3.63) is 30.6 Å². The van der Waals surface area contributed by atoms with Gasteiger partial charge in [-0.25, -0.2) is 4.98 Å². The zero-order valence-electron chi connectivity index (χ0n) is 10.0. The lowest BCUT2D eigenvalue weighted by Gasteiger charge is -2.30. The fourth-order valence-corrected chi connectivity index (χ4v) is 2.35. The molecule has 17 heavy (non-hydrogen) atoms. The number of likely N-dealkylation sites (N-methyl/N-ethyl adjacent to an activating group) is 1. The molecule has 1 saturated heterocycles.